The van der Waals surface area contributed by atoms with Crippen molar-refractivity contribution < 1.29 is 15.0 Å². The van der Waals surface area contributed by atoms with Gasteiger partial charge in [-0.05, 0) is 49.0 Å². The first kappa shape index (κ1) is 13.9. The number of piperidine rings is 1. The average molecular weight is 285 g/mol. The summed E-state index contributed by atoms with van der Waals surface area (Å²) in [6.07, 6.45) is 1.45. The van der Waals surface area contributed by atoms with Gasteiger partial charge in [0.05, 0.1) is 5.92 Å². The van der Waals surface area contributed by atoms with Gasteiger partial charge in [-0.15, -0.1) is 0 Å². The minimum atomic E-state index is -0.671. The highest BCUT2D eigenvalue weighted by molar-refractivity contribution is 5.88. The zero-order valence-corrected chi connectivity index (χ0v) is 11.8. The third-order valence-electron chi connectivity index (χ3n) is 4.26. The Kier molecular flexibility index (Phi) is 3.80. The molecule has 4 nitrogen and oxygen atoms in total. The van der Waals surface area contributed by atoms with E-state index in [1.807, 2.05) is 24.3 Å². The number of phenols is 1. The first-order valence-electron chi connectivity index (χ1n) is 7.29. The Hall–Kier alpha value is -2.07. The van der Waals surface area contributed by atoms with Crippen LogP contribution in [0.4, 0.5) is 0 Å². The summed E-state index contributed by atoms with van der Waals surface area (Å²) in [5, 5.41) is 20.7. The maximum absolute atomic E-state index is 11.0. The number of carboxylic acid groups (broad SMARTS) is 1. The van der Waals surface area contributed by atoms with E-state index in [9.17, 15) is 9.90 Å². The Bertz CT molecular complexity index is 660. The second-order valence-electron chi connectivity index (χ2n) is 5.72. The Balaban J connectivity index is 1.70. The second kappa shape index (κ2) is 5.74. The molecule has 2 aromatic carbocycles. The third kappa shape index (κ3) is 3.00. The Labute approximate surface area is 123 Å². The van der Waals surface area contributed by atoms with Gasteiger partial charge in [-0.1, -0.05) is 24.3 Å². The number of likely N-dealkylation sites (tertiary alicyclic amines) is 1. The summed E-state index contributed by atoms with van der Waals surface area (Å²) in [7, 11) is 0. The Morgan fingerprint density at radius 1 is 1.19 bits per heavy atom. The van der Waals surface area contributed by atoms with Crippen molar-refractivity contribution in [3.8, 4) is 5.75 Å². The van der Waals surface area contributed by atoms with Crippen molar-refractivity contribution in [2.45, 2.75) is 19.4 Å². The molecule has 1 heterocycles. The highest BCUT2D eigenvalue weighted by Crippen LogP contribution is 2.26. The number of phenolic OH excluding ortho intramolecular Hbond substituents is 1. The predicted octanol–water partition coefficient (Wildman–Crippen LogP) is 2.84. The molecule has 1 fully saturated rings. The normalized spacial score (nSPS) is 17.1. The lowest BCUT2D eigenvalue weighted by molar-refractivity contribution is -0.143. The fourth-order valence-corrected chi connectivity index (χ4v) is 3.01. The summed E-state index contributed by atoms with van der Waals surface area (Å²) in [4.78, 5) is 13.3. The number of hydrogen-bond donors (Lipinski definition) is 2. The van der Waals surface area contributed by atoms with Gasteiger partial charge in [0, 0.05) is 11.9 Å². The van der Waals surface area contributed by atoms with E-state index >= 15 is 0 Å². The molecule has 0 aliphatic carbocycles. The molecule has 1 saturated heterocycles. The molecular formula is C17H19NO3. The molecule has 1 aliphatic heterocycles. The van der Waals surface area contributed by atoms with Gasteiger partial charge in [0.2, 0.25) is 0 Å². The summed E-state index contributed by atoms with van der Waals surface area (Å²) in [5.74, 6) is -0.549. The molecule has 0 amide bonds. The van der Waals surface area contributed by atoms with Gasteiger partial charge in [-0.25, -0.2) is 0 Å². The van der Waals surface area contributed by atoms with E-state index in [0.29, 0.717) is 5.75 Å². The molecule has 0 radical (unpaired) electrons. The second-order valence-corrected chi connectivity index (χ2v) is 5.72. The molecule has 3 rings (SSSR count). The van der Waals surface area contributed by atoms with Crippen molar-refractivity contribution in [2.75, 3.05) is 13.1 Å². The molecule has 2 aromatic rings. The maximum Gasteiger partial charge on any atom is 0.306 e. The van der Waals surface area contributed by atoms with Gasteiger partial charge < -0.3 is 10.2 Å². The van der Waals surface area contributed by atoms with Crippen LogP contribution in [-0.4, -0.2) is 34.2 Å². The van der Waals surface area contributed by atoms with Gasteiger partial charge in [-0.3, -0.25) is 9.69 Å². The number of carbonyl (C=O) groups is 1. The summed E-state index contributed by atoms with van der Waals surface area (Å²) >= 11 is 0. The van der Waals surface area contributed by atoms with Crippen LogP contribution in [0.25, 0.3) is 10.8 Å². The van der Waals surface area contributed by atoms with Crippen LogP contribution in [0.1, 0.15) is 18.4 Å². The van der Waals surface area contributed by atoms with Crippen molar-refractivity contribution in [1.29, 1.82) is 0 Å². The quantitative estimate of drug-likeness (QED) is 0.910. The fourth-order valence-electron chi connectivity index (χ4n) is 3.01. The van der Waals surface area contributed by atoms with E-state index in [2.05, 4.69) is 11.0 Å². The smallest absolute Gasteiger partial charge is 0.306 e. The zero-order chi connectivity index (χ0) is 14.8. The summed E-state index contributed by atoms with van der Waals surface area (Å²) in [6.45, 7) is 2.49. The van der Waals surface area contributed by atoms with E-state index < -0.39 is 5.97 Å². The fraction of sp³-hybridized carbons (Fsp3) is 0.353. The van der Waals surface area contributed by atoms with E-state index in [0.717, 1.165) is 43.2 Å². The van der Waals surface area contributed by atoms with Crippen molar-refractivity contribution in [1.82, 2.24) is 4.90 Å². The minimum Gasteiger partial charge on any atom is -0.507 e. The number of carboxylic acids is 1. The zero-order valence-electron chi connectivity index (χ0n) is 11.8. The largest absolute Gasteiger partial charge is 0.507 e. The van der Waals surface area contributed by atoms with Gasteiger partial charge >= 0.3 is 5.97 Å². The molecular weight excluding hydrogens is 266 g/mol. The minimum absolute atomic E-state index is 0.185. The molecule has 0 atom stereocenters. The predicted molar refractivity (Wildman–Crippen MR) is 81.2 cm³/mol. The summed E-state index contributed by atoms with van der Waals surface area (Å²) in [5.41, 5.74) is 1.20. The molecule has 110 valence electrons. The topological polar surface area (TPSA) is 60.8 Å². The van der Waals surface area contributed by atoms with Crippen LogP contribution in [0.5, 0.6) is 5.75 Å². The maximum atomic E-state index is 11.0. The number of nitrogens with zero attached hydrogens (tertiary/aromatic N) is 1. The molecule has 1 aliphatic rings. The highest BCUT2D eigenvalue weighted by Gasteiger charge is 2.24. The lowest BCUT2D eigenvalue weighted by atomic mass is 9.96. The first-order chi connectivity index (χ1) is 10.1. The standard InChI is InChI=1S/C17H19NO3/c19-16-3-1-2-14-10-12(4-5-15(14)16)11-18-8-6-13(7-9-18)17(20)21/h1-5,10,13,19H,6-9,11H2,(H,20,21). The number of hydrogen-bond acceptors (Lipinski definition) is 3. The van der Waals surface area contributed by atoms with Gasteiger partial charge in [0.15, 0.2) is 0 Å². The third-order valence-corrected chi connectivity index (χ3v) is 4.26. The van der Waals surface area contributed by atoms with Crippen molar-refractivity contribution >= 4 is 16.7 Å². The van der Waals surface area contributed by atoms with Gasteiger partial charge in [0.25, 0.3) is 0 Å². The van der Waals surface area contributed by atoms with E-state index in [1.165, 1.54) is 5.56 Å². The average Bonchev–Trinajstić information content (AvgIpc) is 2.48. The Morgan fingerprint density at radius 2 is 1.95 bits per heavy atom. The van der Waals surface area contributed by atoms with Gasteiger partial charge in [0.1, 0.15) is 5.75 Å². The number of benzene rings is 2. The molecule has 0 spiro atoms. The summed E-state index contributed by atoms with van der Waals surface area (Å²) < 4.78 is 0. The highest BCUT2D eigenvalue weighted by atomic mass is 16.4. The molecule has 4 heteroatoms. The monoisotopic (exact) mass is 285 g/mol. The lowest BCUT2D eigenvalue weighted by Crippen LogP contribution is -2.35. The van der Waals surface area contributed by atoms with E-state index in [1.54, 1.807) is 6.07 Å². The van der Waals surface area contributed by atoms with Crippen molar-refractivity contribution in [2.24, 2.45) is 5.92 Å². The molecule has 2 N–H and O–H groups in total. The molecule has 0 saturated carbocycles. The molecule has 0 aromatic heterocycles. The number of aliphatic carboxylic acids is 1. The summed E-state index contributed by atoms with van der Waals surface area (Å²) in [6, 6.07) is 11.6. The number of fused-ring (bicyclic) bond motifs is 1. The van der Waals surface area contributed by atoms with Crippen LogP contribution in [0.2, 0.25) is 0 Å². The SMILES string of the molecule is O=C(O)C1CCN(Cc2ccc3c(O)cccc3c2)CC1. The van der Waals surface area contributed by atoms with Crippen LogP contribution >= 0.6 is 0 Å². The van der Waals surface area contributed by atoms with Crippen LogP contribution in [0.3, 0.4) is 0 Å². The first-order valence-corrected chi connectivity index (χ1v) is 7.29. The van der Waals surface area contributed by atoms with Crippen molar-refractivity contribution in [3.05, 3.63) is 42.0 Å². The van der Waals surface area contributed by atoms with Crippen molar-refractivity contribution in [3.63, 3.8) is 0 Å². The lowest BCUT2D eigenvalue weighted by Gasteiger charge is -2.30. The number of rotatable bonds is 3. The molecule has 0 bridgehead atoms. The van der Waals surface area contributed by atoms with Gasteiger partial charge in [-0.2, -0.15) is 0 Å². The van der Waals surface area contributed by atoms with Crippen LogP contribution in [0.15, 0.2) is 36.4 Å². The number of aromatic hydroxyl groups is 1. The van der Waals surface area contributed by atoms with Crippen LogP contribution < -0.4 is 0 Å². The van der Waals surface area contributed by atoms with Crippen LogP contribution in [-0.2, 0) is 11.3 Å². The van der Waals surface area contributed by atoms with E-state index in [4.69, 9.17) is 5.11 Å². The Morgan fingerprint density at radius 3 is 2.67 bits per heavy atom. The van der Waals surface area contributed by atoms with Crippen LogP contribution in [0, 0.1) is 5.92 Å². The molecule has 21 heavy (non-hydrogen) atoms. The van der Waals surface area contributed by atoms with E-state index in [-0.39, 0.29) is 5.92 Å². The molecule has 0 unspecified atom stereocenters.